The van der Waals surface area contributed by atoms with E-state index in [4.69, 9.17) is 0 Å². The lowest BCUT2D eigenvalue weighted by Gasteiger charge is -2.56. The van der Waals surface area contributed by atoms with Crippen molar-refractivity contribution in [2.24, 2.45) is 5.92 Å². The summed E-state index contributed by atoms with van der Waals surface area (Å²) in [5.74, 6) is 0.956. The van der Waals surface area contributed by atoms with Gasteiger partial charge in [0.2, 0.25) is 0 Å². The van der Waals surface area contributed by atoms with E-state index in [2.05, 4.69) is 9.88 Å². The minimum absolute atomic E-state index is 0.0607. The smallest absolute Gasteiger partial charge is 0.271 e. The third-order valence-corrected chi connectivity index (χ3v) is 7.98. The van der Waals surface area contributed by atoms with Crippen LogP contribution in [0.15, 0.2) is 42.5 Å². The average Bonchev–Trinajstić information content (AvgIpc) is 3.51. The number of likely N-dealkylation sites (tertiary alicyclic amines) is 1. The summed E-state index contributed by atoms with van der Waals surface area (Å²) in [5, 5.41) is 34.7. The predicted octanol–water partition coefficient (Wildman–Crippen LogP) is 3.67. The third kappa shape index (κ3) is 2.95. The zero-order valence-corrected chi connectivity index (χ0v) is 17.9. The molecule has 0 unspecified atom stereocenters. The van der Waals surface area contributed by atoms with E-state index in [1.165, 1.54) is 18.9 Å². The van der Waals surface area contributed by atoms with Crippen LogP contribution in [0, 0.1) is 16.0 Å². The lowest BCUT2D eigenvalue weighted by atomic mass is 9.56. The zero-order chi connectivity index (χ0) is 22.1. The first-order chi connectivity index (χ1) is 15.4. The first-order valence-corrected chi connectivity index (χ1v) is 11.4. The number of non-ortho nitro benzene ring substituents is 1. The number of fused-ring (bicyclic) bond motifs is 4. The van der Waals surface area contributed by atoms with Crippen LogP contribution in [-0.4, -0.2) is 50.3 Å². The van der Waals surface area contributed by atoms with Gasteiger partial charge in [0.1, 0.15) is 5.75 Å². The zero-order valence-electron chi connectivity index (χ0n) is 17.9. The summed E-state index contributed by atoms with van der Waals surface area (Å²) in [6.07, 6.45) is 4.45. The van der Waals surface area contributed by atoms with Crippen LogP contribution in [0.1, 0.15) is 36.1 Å². The van der Waals surface area contributed by atoms with Gasteiger partial charge in [-0.15, -0.1) is 0 Å². The third-order valence-electron chi connectivity index (χ3n) is 7.98. The van der Waals surface area contributed by atoms with E-state index in [0.717, 1.165) is 53.2 Å². The van der Waals surface area contributed by atoms with Crippen molar-refractivity contribution in [3.8, 4) is 5.75 Å². The largest absolute Gasteiger partial charge is 0.508 e. The van der Waals surface area contributed by atoms with Crippen LogP contribution in [0.25, 0.3) is 10.9 Å². The van der Waals surface area contributed by atoms with Crippen molar-refractivity contribution in [3.63, 3.8) is 0 Å². The number of H-pyrrole nitrogens is 1. The van der Waals surface area contributed by atoms with Crippen molar-refractivity contribution in [3.05, 3.63) is 69.4 Å². The Morgan fingerprint density at radius 3 is 2.78 bits per heavy atom. The van der Waals surface area contributed by atoms with Crippen LogP contribution in [0.5, 0.6) is 5.75 Å². The molecular weight excluding hydrogens is 406 g/mol. The summed E-state index contributed by atoms with van der Waals surface area (Å²) in [7, 11) is 0. The highest BCUT2D eigenvalue weighted by Crippen LogP contribution is 2.52. The maximum atomic E-state index is 12.3. The number of aromatic amines is 1. The van der Waals surface area contributed by atoms with Gasteiger partial charge in [-0.25, -0.2) is 0 Å². The molecule has 0 spiro atoms. The molecule has 7 heteroatoms. The topological polar surface area (TPSA) is 103 Å². The molecule has 1 saturated carbocycles. The molecule has 2 aliphatic carbocycles. The van der Waals surface area contributed by atoms with Crippen LogP contribution < -0.4 is 0 Å². The minimum Gasteiger partial charge on any atom is -0.508 e. The maximum Gasteiger partial charge on any atom is 0.271 e. The maximum absolute atomic E-state index is 12.3. The van der Waals surface area contributed by atoms with E-state index in [1.807, 2.05) is 12.1 Å². The molecule has 2 heterocycles. The van der Waals surface area contributed by atoms with E-state index in [9.17, 15) is 20.3 Å². The number of nitro benzene ring substituents is 1. The number of rotatable bonds is 4. The van der Waals surface area contributed by atoms with Gasteiger partial charge >= 0.3 is 0 Å². The van der Waals surface area contributed by atoms with Gasteiger partial charge in [0, 0.05) is 54.6 Å². The van der Waals surface area contributed by atoms with Crippen molar-refractivity contribution in [2.45, 2.75) is 43.1 Å². The van der Waals surface area contributed by atoms with Gasteiger partial charge < -0.3 is 20.1 Å². The van der Waals surface area contributed by atoms with Crippen molar-refractivity contribution in [2.75, 3.05) is 19.6 Å². The molecule has 1 aliphatic heterocycles. The first-order valence-electron chi connectivity index (χ1n) is 11.4. The number of nitro groups is 1. The molecule has 2 fully saturated rings. The van der Waals surface area contributed by atoms with Gasteiger partial charge in [0.25, 0.3) is 5.69 Å². The van der Waals surface area contributed by atoms with Gasteiger partial charge in [-0.2, -0.15) is 0 Å². The Kier molecular flexibility index (Phi) is 4.20. The summed E-state index contributed by atoms with van der Waals surface area (Å²) in [4.78, 5) is 16.7. The Morgan fingerprint density at radius 1 is 1.19 bits per heavy atom. The highest BCUT2D eigenvalue weighted by molar-refractivity contribution is 5.87. The van der Waals surface area contributed by atoms with Gasteiger partial charge in [-0.1, -0.05) is 12.1 Å². The fourth-order valence-electron chi connectivity index (χ4n) is 6.16. The summed E-state index contributed by atoms with van der Waals surface area (Å²) in [5.41, 5.74) is 2.34. The summed E-state index contributed by atoms with van der Waals surface area (Å²) in [6, 6.07) is 12.2. The van der Waals surface area contributed by atoms with Gasteiger partial charge in [0.15, 0.2) is 0 Å². The van der Waals surface area contributed by atoms with E-state index in [-0.39, 0.29) is 16.4 Å². The Hall–Kier alpha value is -2.90. The number of hydrogen-bond acceptors (Lipinski definition) is 5. The highest BCUT2D eigenvalue weighted by Gasteiger charge is 2.57. The Balaban J connectivity index is 1.48. The van der Waals surface area contributed by atoms with Crippen LogP contribution in [0.4, 0.5) is 5.69 Å². The Morgan fingerprint density at radius 2 is 2.03 bits per heavy atom. The Bertz CT molecular complexity index is 1230. The molecule has 0 bridgehead atoms. The molecule has 6 rings (SSSR count). The minimum atomic E-state index is -0.988. The summed E-state index contributed by atoms with van der Waals surface area (Å²) >= 11 is 0. The van der Waals surface area contributed by atoms with Crippen LogP contribution in [-0.2, 0) is 18.3 Å². The molecule has 2 aromatic carbocycles. The molecule has 3 N–H and O–H groups in total. The van der Waals surface area contributed by atoms with Gasteiger partial charge in [-0.3, -0.25) is 10.1 Å². The number of nitrogens with zero attached hydrogens (tertiary/aromatic N) is 2. The van der Waals surface area contributed by atoms with Crippen molar-refractivity contribution in [1.29, 1.82) is 0 Å². The predicted molar refractivity (Wildman–Crippen MR) is 121 cm³/mol. The number of aromatic hydroxyl groups is 1. The molecule has 7 nitrogen and oxygen atoms in total. The number of phenolic OH excluding ortho intramolecular Hbond substituents is 1. The van der Waals surface area contributed by atoms with Crippen LogP contribution >= 0.6 is 0 Å². The number of aromatic nitrogens is 1. The quantitative estimate of drug-likeness (QED) is 0.430. The number of nitrogens with one attached hydrogen (secondary N) is 1. The fraction of sp³-hybridized carbons (Fsp3) is 0.440. The lowest BCUT2D eigenvalue weighted by Crippen LogP contribution is -2.66. The molecule has 0 radical (unpaired) electrons. The second-order valence-corrected chi connectivity index (χ2v) is 10.0. The van der Waals surface area contributed by atoms with Crippen LogP contribution in [0.3, 0.4) is 0 Å². The van der Waals surface area contributed by atoms with Crippen molar-refractivity contribution < 1.29 is 15.1 Å². The molecule has 32 heavy (non-hydrogen) atoms. The van der Waals surface area contributed by atoms with E-state index >= 15 is 0 Å². The number of phenols is 1. The fourth-order valence-corrected chi connectivity index (χ4v) is 6.16. The van der Waals surface area contributed by atoms with Crippen molar-refractivity contribution in [1.82, 2.24) is 9.88 Å². The molecule has 1 aromatic heterocycles. The standard InChI is InChI=1S/C25H27N3O4/c29-19-3-1-2-17(10-19)24-8-9-27(14-16-4-5-16)15-25(24,30)12-21-20-7-6-18(28(31)32)11-22(20)26-23(21)13-24/h1-3,6-7,10-11,16,26,29-30H,4-5,8-9,12-15H2/t24-,25-/m0/s1. The van der Waals surface area contributed by atoms with E-state index in [1.54, 1.807) is 24.3 Å². The number of piperidine rings is 1. The lowest BCUT2D eigenvalue weighted by molar-refractivity contribution is -0.384. The van der Waals surface area contributed by atoms with Gasteiger partial charge in [0.05, 0.1) is 16.0 Å². The van der Waals surface area contributed by atoms with Gasteiger partial charge in [-0.05, 0) is 61.1 Å². The molecule has 2 atom stereocenters. The summed E-state index contributed by atoms with van der Waals surface area (Å²) < 4.78 is 0. The van der Waals surface area contributed by atoms with Crippen LogP contribution in [0.2, 0.25) is 0 Å². The normalized spacial score (nSPS) is 27.8. The van der Waals surface area contributed by atoms with E-state index < -0.39 is 11.0 Å². The highest BCUT2D eigenvalue weighted by atomic mass is 16.6. The number of aliphatic hydroxyl groups is 1. The second kappa shape index (κ2) is 6.80. The Labute approximate surface area is 185 Å². The first kappa shape index (κ1) is 19.8. The molecule has 3 aliphatic rings. The average molecular weight is 434 g/mol. The molecule has 0 amide bonds. The van der Waals surface area contributed by atoms with E-state index in [0.29, 0.717) is 19.4 Å². The molecular formula is C25H27N3O4. The molecule has 3 aromatic rings. The monoisotopic (exact) mass is 433 g/mol. The number of hydrogen-bond donors (Lipinski definition) is 3. The molecule has 166 valence electrons. The number of β-amino-alcohol motifs (C(OH)–C–C–N with tert-alkyl or cyclic N) is 1. The SMILES string of the molecule is O=[N+]([O-])c1ccc2c3c([nH]c2c1)C[C@]1(c2cccc(O)c2)CCN(CC2CC2)C[C@@]1(O)C3. The number of benzene rings is 2. The van der Waals surface area contributed by atoms with Crippen molar-refractivity contribution >= 4 is 16.6 Å². The summed E-state index contributed by atoms with van der Waals surface area (Å²) in [6.45, 7) is 2.54. The molecule has 1 saturated heterocycles. The second-order valence-electron chi connectivity index (χ2n) is 10.0.